The van der Waals surface area contributed by atoms with E-state index in [9.17, 15) is 4.79 Å². The number of hydrogen-bond donors (Lipinski definition) is 1. The third-order valence-electron chi connectivity index (χ3n) is 5.25. The maximum atomic E-state index is 13.5. The van der Waals surface area contributed by atoms with Crippen LogP contribution in [0.3, 0.4) is 0 Å². The summed E-state index contributed by atoms with van der Waals surface area (Å²) in [5, 5.41) is 3.73. The number of unbranched alkanes of at least 4 members (excludes halogenated alkanes) is 1. The smallest absolute Gasteiger partial charge is 0.254 e. The lowest BCUT2D eigenvalue weighted by Crippen LogP contribution is -2.63. The lowest BCUT2D eigenvalue weighted by Gasteiger charge is -2.49. The zero-order chi connectivity index (χ0) is 18.8. The summed E-state index contributed by atoms with van der Waals surface area (Å²) in [5.74, 6) is 0.202. The summed E-state index contributed by atoms with van der Waals surface area (Å²) >= 11 is 0. The normalized spacial score (nSPS) is 19.6. The first-order valence-corrected chi connectivity index (χ1v) is 9.72. The van der Waals surface area contributed by atoms with E-state index in [4.69, 9.17) is 0 Å². The molecule has 3 heteroatoms. The SMILES string of the molecule is CCCCN(C(=O)c1cc(C)ccc1C)C1CC(C)(C)NC(C)(C)C1. The first-order chi connectivity index (χ1) is 11.5. The second-order valence-electron chi connectivity index (χ2n) is 9.13. The molecule has 1 saturated heterocycles. The Morgan fingerprint density at radius 2 is 1.76 bits per heavy atom. The molecule has 0 spiro atoms. The molecule has 1 fully saturated rings. The summed E-state index contributed by atoms with van der Waals surface area (Å²) in [7, 11) is 0. The molecule has 0 saturated carbocycles. The van der Waals surface area contributed by atoms with Crippen LogP contribution in [0.5, 0.6) is 0 Å². The van der Waals surface area contributed by atoms with Crippen molar-refractivity contribution in [2.24, 2.45) is 0 Å². The number of carbonyl (C=O) groups is 1. The van der Waals surface area contributed by atoms with Crippen molar-refractivity contribution in [1.82, 2.24) is 10.2 Å². The van der Waals surface area contributed by atoms with E-state index in [-0.39, 0.29) is 23.0 Å². The minimum Gasteiger partial charge on any atom is -0.336 e. The minimum absolute atomic E-state index is 0.0405. The van der Waals surface area contributed by atoms with E-state index in [1.54, 1.807) is 0 Å². The topological polar surface area (TPSA) is 32.3 Å². The van der Waals surface area contributed by atoms with Crippen molar-refractivity contribution in [3.8, 4) is 0 Å². The van der Waals surface area contributed by atoms with Crippen molar-refractivity contribution in [2.75, 3.05) is 6.54 Å². The van der Waals surface area contributed by atoms with Crippen LogP contribution in [0.15, 0.2) is 18.2 Å². The predicted octanol–water partition coefficient (Wildman–Crippen LogP) is 4.85. The summed E-state index contributed by atoms with van der Waals surface area (Å²) in [6, 6.07) is 6.48. The van der Waals surface area contributed by atoms with E-state index in [0.717, 1.165) is 48.9 Å². The van der Waals surface area contributed by atoms with E-state index < -0.39 is 0 Å². The molecule has 1 aliphatic rings. The number of piperidine rings is 1. The summed E-state index contributed by atoms with van der Waals surface area (Å²) < 4.78 is 0. The number of aryl methyl sites for hydroxylation is 2. The average Bonchev–Trinajstić information content (AvgIpc) is 2.46. The summed E-state index contributed by atoms with van der Waals surface area (Å²) in [6.45, 7) is 16.1. The zero-order valence-electron chi connectivity index (χ0n) is 17.2. The Bertz CT molecular complexity index is 602. The number of rotatable bonds is 5. The van der Waals surface area contributed by atoms with Gasteiger partial charge in [0.2, 0.25) is 0 Å². The maximum Gasteiger partial charge on any atom is 0.254 e. The van der Waals surface area contributed by atoms with Gasteiger partial charge < -0.3 is 10.2 Å². The second-order valence-corrected chi connectivity index (χ2v) is 9.13. The highest BCUT2D eigenvalue weighted by Gasteiger charge is 2.41. The van der Waals surface area contributed by atoms with Crippen LogP contribution in [-0.2, 0) is 0 Å². The Labute approximate surface area is 154 Å². The van der Waals surface area contributed by atoms with Crippen LogP contribution in [0.25, 0.3) is 0 Å². The van der Waals surface area contributed by atoms with Crippen molar-refractivity contribution < 1.29 is 4.79 Å². The van der Waals surface area contributed by atoms with Crippen molar-refractivity contribution in [3.63, 3.8) is 0 Å². The standard InChI is InChI=1S/C22H36N2O/c1-8-9-12-24(18-14-21(4,5)23-22(6,7)15-18)20(25)19-13-16(2)10-11-17(19)3/h10-11,13,18,23H,8-9,12,14-15H2,1-7H3. The van der Waals surface area contributed by atoms with Gasteiger partial charge in [-0.1, -0.05) is 31.0 Å². The number of benzene rings is 1. The van der Waals surface area contributed by atoms with Gasteiger partial charge in [-0.3, -0.25) is 4.79 Å². The third-order valence-corrected chi connectivity index (χ3v) is 5.25. The highest BCUT2D eigenvalue weighted by Crippen LogP contribution is 2.32. The molecule has 1 heterocycles. The predicted molar refractivity (Wildman–Crippen MR) is 106 cm³/mol. The Balaban J connectivity index is 2.35. The molecule has 0 unspecified atom stereocenters. The van der Waals surface area contributed by atoms with Gasteiger partial charge in [-0.05, 0) is 72.4 Å². The molecule has 0 aromatic heterocycles. The summed E-state index contributed by atoms with van der Waals surface area (Å²) in [4.78, 5) is 15.6. The molecule has 3 nitrogen and oxygen atoms in total. The van der Waals surface area contributed by atoms with Gasteiger partial charge in [0.1, 0.15) is 0 Å². The fourth-order valence-corrected chi connectivity index (χ4v) is 4.39. The van der Waals surface area contributed by atoms with Crippen LogP contribution in [0.4, 0.5) is 0 Å². The van der Waals surface area contributed by atoms with Crippen LogP contribution in [0, 0.1) is 13.8 Å². The number of amides is 1. The fraction of sp³-hybridized carbons (Fsp3) is 0.682. The quantitative estimate of drug-likeness (QED) is 0.827. The first-order valence-electron chi connectivity index (χ1n) is 9.72. The molecule has 1 aliphatic heterocycles. The number of carbonyl (C=O) groups excluding carboxylic acids is 1. The van der Waals surface area contributed by atoms with E-state index >= 15 is 0 Å². The number of hydrogen-bond acceptors (Lipinski definition) is 2. The van der Waals surface area contributed by atoms with Gasteiger partial charge in [0, 0.05) is 29.2 Å². The lowest BCUT2D eigenvalue weighted by atomic mass is 9.78. The van der Waals surface area contributed by atoms with Crippen LogP contribution in [-0.4, -0.2) is 34.5 Å². The van der Waals surface area contributed by atoms with E-state index in [0.29, 0.717) is 0 Å². The van der Waals surface area contributed by atoms with E-state index in [1.807, 2.05) is 13.0 Å². The Hall–Kier alpha value is -1.35. The Morgan fingerprint density at radius 3 is 2.32 bits per heavy atom. The molecular weight excluding hydrogens is 308 g/mol. The number of nitrogens with one attached hydrogen (secondary N) is 1. The van der Waals surface area contributed by atoms with Gasteiger partial charge in [0.05, 0.1) is 0 Å². The van der Waals surface area contributed by atoms with Crippen LogP contribution < -0.4 is 5.32 Å². The van der Waals surface area contributed by atoms with Crippen LogP contribution in [0.2, 0.25) is 0 Å². The molecule has 0 aliphatic carbocycles. The van der Waals surface area contributed by atoms with Gasteiger partial charge in [-0.25, -0.2) is 0 Å². The molecule has 0 bridgehead atoms. The van der Waals surface area contributed by atoms with Gasteiger partial charge in [0.15, 0.2) is 0 Å². The van der Waals surface area contributed by atoms with Crippen LogP contribution in [0.1, 0.15) is 81.8 Å². The second kappa shape index (κ2) is 7.49. The Morgan fingerprint density at radius 1 is 1.16 bits per heavy atom. The molecule has 25 heavy (non-hydrogen) atoms. The summed E-state index contributed by atoms with van der Waals surface area (Å²) in [5.41, 5.74) is 3.17. The monoisotopic (exact) mass is 344 g/mol. The van der Waals surface area contributed by atoms with E-state index in [2.05, 4.69) is 63.9 Å². The first kappa shape index (κ1) is 20.0. The zero-order valence-corrected chi connectivity index (χ0v) is 17.2. The van der Waals surface area contributed by atoms with Crippen molar-refractivity contribution in [1.29, 1.82) is 0 Å². The highest BCUT2D eigenvalue weighted by molar-refractivity contribution is 5.96. The molecule has 0 atom stereocenters. The minimum atomic E-state index is 0.0405. The number of nitrogens with zero attached hydrogens (tertiary/aromatic N) is 1. The molecule has 140 valence electrons. The highest BCUT2D eigenvalue weighted by atomic mass is 16.2. The fourth-order valence-electron chi connectivity index (χ4n) is 4.39. The van der Waals surface area contributed by atoms with Gasteiger partial charge in [-0.2, -0.15) is 0 Å². The maximum absolute atomic E-state index is 13.5. The van der Waals surface area contributed by atoms with Gasteiger partial charge >= 0.3 is 0 Å². The lowest BCUT2D eigenvalue weighted by molar-refractivity contribution is 0.0441. The van der Waals surface area contributed by atoms with Crippen molar-refractivity contribution >= 4 is 5.91 Å². The largest absolute Gasteiger partial charge is 0.336 e. The molecule has 1 aromatic carbocycles. The molecule has 0 radical (unpaired) electrons. The van der Waals surface area contributed by atoms with Crippen LogP contribution >= 0.6 is 0 Å². The van der Waals surface area contributed by atoms with E-state index in [1.165, 1.54) is 0 Å². The van der Waals surface area contributed by atoms with Gasteiger partial charge in [0.25, 0.3) is 5.91 Å². The third kappa shape index (κ3) is 5.07. The summed E-state index contributed by atoms with van der Waals surface area (Å²) in [6.07, 6.45) is 4.16. The molecule has 1 N–H and O–H groups in total. The molecule has 1 aromatic rings. The van der Waals surface area contributed by atoms with Crippen molar-refractivity contribution in [3.05, 3.63) is 34.9 Å². The van der Waals surface area contributed by atoms with Gasteiger partial charge in [-0.15, -0.1) is 0 Å². The molecule has 2 rings (SSSR count). The Kier molecular flexibility index (Phi) is 5.98. The molecule has 1 amide bonds. The average molecular weight is 345 g/mol. The van der Waals surface area contributed by atoms with Crippen molar-refractivity contribution in [2.45, 2.75) is 91.3 Å². The molecular formula is C22H36N2O.